The summed E-state index contributed by atoms with van der Waals surface area (Å²) < 4.78 is 60.4. The molecule has 0 saturated carbocycles. The van der Waals surface area contributed by atoms with Crippen molar-refractivity contribution in [3.63, 3.8) is 0 Å². The van der Waals surface area contributed by atoms with Crippen molar-refractivity contribution in [3.8, 4) is 0 Å². The van der Waals surface area contributed by atoms with Gasteiger partial charge in [0.05, 0.1) is 0 Å². The number of carbonyl (C=O) groups is 1. The number of hydrogen-bond donors (Lipinski definition) is 0. The van der Waals surface area contributed by atoms with Crippen molar-refractivity contribution in [2.24, 2.45) is 0 Å². The van der Waals surface area contributed by atoms with Gasteiger partial charge in [0.2, 0.25) is 0 Å². The number of esters is 1. The third-order valence-electron chi connectivity index (χ3n) is 0.861. The molecule has 8 heteroatoms. The van der Waals surface area contributed by atoms with E-state index in [0.29, 0.717) is 0 Å². The van der Waals surface area contributed by atoms with Crippen molar-refractivity contribution in [1.82, 2.24) is 0 Å². The second-order valence-electron chi connectivity index (χ2n) is 1.84. The van der Waals surface area contributed by atoms with Gasteiger partial charge in [0.25, 0.3) is 0 Å². The third kappa shape index (κ3) is 4.78. The van der Waals surface area contributed by atoms with Gasteiger partial charge in [-0.2, -0.15) is 22.0 Å². The van der Waals surface area contributed by atoms with Gasteiger partial charge in [-0.3, -0.25) is 4.79 Å². The molecule has 0 amide bonds. The van der Waals surface area contributed by atoms with E-state index < -0.39 is 24.7 Å². The Balaban J connectivity index is 0. The fourth-order valence-electron chi connectivity index (χ4n) is 0.273. The van der Waals surface area contributed by atoms with Crippen LogP contribution in [0.1, 0.15) is 13.3 Å². The Kier molecular flexibility index (Phi) is 6.13. The summed E-state index contributed by atoms with van der Waals surface area (Å²) in [6, 6.07) is 0. The first-order valence-electron chi connectivity index (χ1n) is 2.87. The Morgan fingerprint density at radius 1 is 1.23 bits per heavy atom. The quantitative estimate of drug-likeness (QED) is 0.396. The molecule has 0 N–H and O–H groups in total. The maximum atomic E-state index is 11.8. The zero-order chi connectivity index (χ0) is 9.99. The summed E-state index contributed by atoms with van der Waals surface area (Å²) in [6.07, 6.45) is -11.8. The van der Waals surface area contributed by atoms with E-state index in [1.54, 1.807) is 0 Å². The number of hydrogen-bond acceptors (Lipinski definition) is 2. The van der Waals surface area contributed by atoms with Crippen LogP contribution in [0.5, 0.6) is 0 Å². The van der Waals surface area contributed by atoms with Crippen molar-refractivity contribution in [2.45, 2.75) is 25.6 Å². The van der Waals surface area contributed by atoms with Crippen LogP contribution < -0.4 is 0 Å². The van der Waals surface area contributed by atoms with Crippen LogP contribution in [-0.4, -0.2) is 47.8 Å². The molecule has 0 saturated heterocycles. The van der Waals surface area contributed by atoms with E-state index in [0.717, 1.165) is 6.92 Å². The summed E-state index contributed by atoms with van der Waals surface area (Å²) in [5.41, 5.74) is 0. The van der Waals surface area contributed by atoms with Gasteiger partial charge in [0.1, 0.15) is 0 Å². The first kappa shape index (κ1) is 15.6. The van der Waals surface area contributed by atoms with Crippen molar-refractivity contribution in [3.05, 3.63) is 0 Å². The molecule has 0 aromatic rings. The van der Waals surface area contributed by atoms with Crippen molar-refractivity contribution >= 4 is 35.5 Å². The molecule has 0 spiro atoms. The van der Waals surface area contributed by atoms with E-state index in [-0.39, 0.29) is 29.6 Å². The molecule has 0 unspecified atom stereocenters. The average molecular weight is 216 g/mol. The monoisotopic (exact) mass is 216 g/mol. The molecular weight excluding hydrogens is 210 g/mol. The van der Waals surface area contributed by atoms with Gasteiger partial charge in [0.15, 0.2) is 0 Å². The molecule has 2 nitrogen and oxygen atoms in total. The molecule has 74 valence electrons. The molecule has 0 aromatic heterocycles. The molecule has 0 bridgehead atoms. The van der Waals surface area contributed by atoms with Crippen molar-refractivity contribution in [1.29, 1.82) is 0 Å². The first-order valence-corrected chi connectivity index (χ1v) is 2.87. The molecule has 0 heterocycles. The van der Waals surface area contributed by atoms with Crippen LogP contribution >= 0.6 is 0 Å². The third-order valence-corrected chi connectivity index (χ3v) is 0.861. The summed E-state index contributed by atoms with van der Waals surface area (Å²) in [5.74, 6) is -1.60. The molecule has 0 aromatic carbocycles. The average Bonchev–Trinajstić information content (AvgIpc) is 1.84. The van der Waals surface area contributed by atoms with Crippen LogP contribution in [0.2, 0.25) is 0 Å². The van der Waals surface area contributed by atoms with Gasteiger partial charge < -0.3 is 4.74 Å². The Hall–Kier alpha value is 0.120. The van der Waals surface area contributed by atoms with E-state index in [9.17, 15) is 26.7 Å². The Morgan fingerprint density at radius 2 is 1.62 bits per heavy atom. The number of rotatable bonds is 2. The molecular formula is C5H6F5NaO2. The van der Waals surface area contributed by atoms with Crippen LogP contribution in [0, 0.1) is 0 Å². The van der Waals surface area contributed by atoms with E-state index in [1.165, 1.54) is 0 Å². The number of alkyl halides is 5. The molecule has 0 rings (SSSR count). The molecule has 0 aliphatic rings. The molecule has 0 radical (unpaired) electrons. The fraction of sp³-hybridized carbons (Fsp3) is 0.800. The van der Waals surface area contributed by atoms with Crippen molar-refractivity contribution in [2.75, 3.05) is 0 Å². The predicted octanol–water partition coefficient (Wildman–Crippen LogP) is 1.45. The van der Waals surface area contributed by atoms with Crippen LogP contribution in [0.4, 0.5) is 22.0 Å². The summed E-state index contributed by atoms with van der Waals surface area (Å²) >= 11 is 0. The van der Waals surface area contributed by atoms with E-state index in [4.69, 9.17) is 0 Å². The molecule has 0 atom stereocenters. The molecule has 0 aliphatic carbocycles. The van der Waals surface area contributed by atoms with Gasteiger partial charge >= 0.3 is 47.8 Å². The summed E-state index contributed by atoms with van der Waals surface area (Å²) in [4.78, 5) is 10.1. The standard InChI is InChI=1S/C5H5F5O2.Na.H/c1-2-3(11)12-5(9,10)4(6,7)8;;/h2H2,1H3;;. The summed E-state index contributed by atoms with van der Waals surface area (Å²) in [5, 5.41) is 0. The van der Waals surface area contributed by atoms with Crippen LogP contribution in [0.15, 0.2) is 0 Å². The minimum absolute atomic E-state index is 0. The van der Waals surface area contributed by atoms with Gasteiger partial charge in [-0.25, -0.2) is 0 Å². The van der Waals surface area contributed by atoms with Gasteiger partial charge in [0, 0.05) is 6.42 Å². The molecule has 0 fully saturated rings. The van der Waals surface area contributed by atoms with Gasteiger partial charge in [-0.05, 0) is 0 Å². The maximum absolute atomic E-state index is 11.8. The number of ether oxygens (including phenoxy) is 1. The zero-order valence-corrected chi connectivity index (χ0v) is 5.91. The topological polar surface area (TPSA) is 26.3 Å². The Bertz CT molecular complexity index is 178. The van der Waals surface area contributed by atoms with E-state index in [1.807, 2.05) is 0 Å². The summed E-state index contributed by atoms with van der Waals surface area (Å²) in [7, 11) is 0. The van der Waals surface area contributed by atoms with E-state index in [2.05, 4.69) is 4.74 Å². The number of halogens is 5. The first-order chi connectivity index (χ1) is 5.20. The SMILES string of the molecule is CCC(=O)OC(F)(F)C(F)(F)F.[NaH]. The van der Waals surface area contributed by atoms with Crippen molar-refractivity contribution < 1.29 is 31.5 Å². The van der Waals surface area contributed by atoms with Gasteiger partial charge in [-0.1, -0.05) is 6.92 Å². The number of carbonyl (C=O) groups excluding carboxylic acids is 1. The van der Waals surface area contributed by atoms with Crippen LogP contribution in [0.25, 0.3) is 0 Å². The Labute approximate surface area is 92.7 Å². The second kappa shape index (κ2) is 5.11. The molecule has 13 heavy (non-hydrogen) atoms. The predicted molar refractivity (Wildman–Crippen MR) is 34.5 cm³/mol. The minimum atomic E-state index is -5.85. The summed E-state index contributed by atoms with van der Waals surface area (Å²) in [6.45, 7) is 1.11. The van der Waals surface area contributed by atoms with E-state index >= 15 is 0 Å². The normalized spacial score (nSPS) is 11.8. The fourth-order valence-corrected chi connectivity index (χ4v) is 0.273. The van der Waals surface area contributed by atoms with Gasteiger partial charge in [-0.15, -0.1) is 0 Å². The Morgan fingerprint density at radius 3 is 1.85 bits per heavy atom. The zero-order valence-electron chi connectivity index (χ0n) is 5.91. The molecule has 0 aliphatic heterocycles. The van der Waals surface area contributed by atoms with Crippen LogP contribution in [-0.2, 0) is 9.53 Å². The second-order valence-corrected chi connectivity index (χ2v) is 1.84. The van der Waals surface area contributed by atoms with Crippen LogP contribution in [0.3, 0.4) is 0 Å².